The molecule has 0 aliphatic carbocycles. The molecule has 0 fully saturated rings. The van der Waals surface area contributed by atoms with Crippen LogP contribution in [0.25, 0.3) is 0 Å². The number of alkyl halides is 3. The lowest BCUT2D eigenvalue weighted by molar-refractivity contribution is -0.0925. The van der Waals surface area contributed by atoms with E-state index in [1.165, 1.54) is 24.4 Å². The molecule has 10 heteroatoms. The highest BCUT2D eigenvalue weighted by Gasteiger charge is 2.31. The van der Waals surface area contributed by atoms with Crippen molar-refractivity contribution in [3.8, 4) is 0 Å². The van der Waals surface area contributed by atoms with Gasteiger partial charge in [0.25, 0.3) is 0 Å². The lowest BCUT2D eigenvalue weighted by Gasteiger charge is -2.10. The first kappa shape index (κ1) is 22.6. The molecular weight excluding hydrogens is 531 g/mol. The van der Waals surface area contributed by atoms with Gasteiger partial charge in [0.05, 0.1) is 5.69 Å². The van der Waals surface area contributed by atoms with Gasteiger partial charge in [-0.1, -0.05) is 0 Å². The average Bonchev–Trinajstić information content (AvgIpc) is 2.54. The molecule has 1 rings (SSSR count). The Balaban J connectivity index is 3.39. The lowest BCUT2D eigenvalue weighted by atomic mass is 10.1. The minimum atomic E-state index is -4.70. The Morgan fingerprint density at radius 1 is 1.35 bits per heavy atom. The molecule has 0 spiro atoms. The molecule has 0 saturated carbocycles. The summed E-state index contributed by atoms with van der Waals surface area (Å²) in [5.41, 5.74) is 10.1. The van der Waals surface area contributed by atoms with Crippen LogP contribution in [-0.4, -0.2) is 23.1 Å². The quantitative estimate of drug-likeness (QED) is 0.301. The maximum atomic E-state index is 13.2. The van der Waals surface area contributed by atoms with E-state index >= 15 is 0 Å². The summed E-state index contributed by atoms with van der Waals surface area (Å²) >= 11 is 5.08. The largest absolute Gasteiger partial charge is 0.430 e. The molecule has 0 saturated heterocycles. The summed E-state index contributed by atoms with van der Waals surface area (Å²) < 4.78 is 52.5. The van der Waals surface area contributed by atoms with Crippen LogP contribution in [0.2, 0.25) is 0 Å². The smallest absolute Gasteiger partial charge is 0.404 e. The summed E-state index contributed by atoms with van der Waals surface area (Å²) in [4.78, 5) is 8.31. The van der Waals surface area contributed by atoms with Crippen LogP contribution >= 0.6 is 38.5 Å². The first-order valence-corrected chi connectivity index (χ1v) is 9.13. The van der Waals surface area contributed by atoms with Gasteiger partial charge in [-0.25, -0.2) is 4.39 Å². The molecule has 0 atom stereocenters. The predicted molar refractivity (Wildman–Crippen MR) is 108 cm³/mol. The highest BCUT2D eigenvalue weighted by molar-refractivity contribution is 14.1. The number of rotatable bonds is 6. The molecule has 4 N–H and O–H groups in total. The lowest BCUT2D eigenvalue weighted by Crippen LogP contribution is -2.21. The fourth-order valence-electron chi connectivity index (χ4n) is 1.75. The van der Waals surface area contributed by atoms with Crippen LogP contribution in [0.3, 0.4) is 0 Å². The Hall–Kier alpha value is -1.43. The van der Waals surface area contributed by atoms with Gasteiger partial charge >= 0.3 is 6.18 Å². The Bertz CT molecular complexity index is 770. The molecule has 0 aliphatic rings. The van der Waals surface area contributed by atoms with Crippen molar-refractivity contribution in [2.24, 2.45) is 21.5 Å². The summed E-state index contributed by atoms with van der Waals surface area (Å²) in [6, 6.07) is 3.77. The molecule has 0 aromatic heterocycles. The second-order valence-corrected chi connectivity index (χ2v) is 6.84. The van der Waals surface area contributed by atoms with E-state index in [1.54, 1.807) is 6.92 Å². The van der Waals surface area contributed by atoms with Crippen LogP contribution in [-0.2, 0) is 0 Å². The predicted octanol–water partition coefficient (Wildman–Crippen LogP) is 4.95. The Morgan fingerprint density at radius 2 is 2.00 bits per heavy atom. The molecule has 26 heavy (non-hydrogen) atoms. The van der Waals surface area contributed by atoms with Crippen molar-refractivity contribution >= 4 is 54.5 Å². The third-order valence-corrected chi connectivity index (χ3v) is 4.58. The number of nitrogens with zero attached hydrogens (tertiary/aromatic N) is 2. The van der Waals surface area contributed by atoms with E-state index in [0.717, 1.165) is 6.08 Å². The third-order valence-electron chi connectivity index (χ3n) is 2.96. The van der Waals surface area contributed by atoms with Gasteiger partial charge in [0.15, 0.2) is 0 Å². The number of hydrogen-bond acceptors (Lipinski definition) is 4. The highest BCUT2D eigenvalue weighted by atomic mass is 127. The minimum absolute atomic E-state index is 0.00398. The second-order valence-electron chi connectivity index (χ2n) is 4.93. The van der Waals surface area contributed by atoms with Crippen molar-refractivity contribution in [1.82, 2.24) is 0 Å². The Morgan fingerprint density at radius 3 is 2.50 bits per heavy atom. The fraction of sp³-hybridized carbons (Fsp3) is 0.250. The number of hydrogen-bond donors (Lipinski definition) is 2. The van der Waals surface area contributed by atoms with Crippen molar-refractivity contribution in [2.75, 3.05) is 6.54 Å². The van der Waals surface area contributed by atoms with Gasteiger partial charge in [0.1, 0.15) is 16.1 Å². The average molecular weight is 547 g/mol. The number of halogens is 6. The zero-order valence-corrected chi connectivity index (χ0v) is 17.4. The van der Waals surface area contributed by atoms with E-state index in [1.807, 2.05) is 22.6 Å². The van der Waals surface area contributed by atoms with Gasteiger partial charge in [-0.05, 0) is 69.7 Å². The molecule has 142 valence electrons. The molecule has 0 unspecified atom stereocenters. The minimum Gasteiger partial charge on any atom is -0.404 e. The van der Waals surface area contributed by atoms with Crippen molar-refractivity contribution in [3.05, 3.63) is 51.1 Å². The molecule has 1 aromatic rings. The standard InChI is InChI=1S/C16H16BrF4IN4/c1-2-25-15(17)9(8-23)5-11(7-14(24)16(19,20)21)26-13-4-3-10(18)6-12(13)22/h3-4,6-8H,2,5,23-24H2,1H3. The van der Waals surface area contributed by atoms with Crippen molar-refractivity contribution in [1.29, 1.82) is 0 Å². The molecule has 0 amide bonds. The zero-order chi connectivity index (χ0) is 19.9. The monoisotopic (exact) mass is 546 g/mol. The first-order chi connectivity index (χ1) is 12.1. The first-order valence-electron chi connectivity index (χ1n) is 7.26. The Labute approximate surface area is 170 Å². The van der Waals surface area contributed by atoms with Crippen LogP contribution < -0.4 is 11.5 Å². The summed E-state index contributed by atoms with van der Waals surface area (Å²) in [5, 5.41) is 0. The second kappa shape index (κ2) is 10.0. The van der Waals surface area contributed by atoms with Crippen LogP contribution in [0, 0.1) is 9.39 Å². The topological polar surface area (TPSA) is 76.8 Å². The SMILES string of the molecule is CCN=C(Br)C(=CN)CC(C=C(N)C(F)(F)F)=Nc1ccc(F)cc1I. The summed E-state index contributed by atoms with van der Waals surface area (Å²) in [6.07, 6.45) is -2.79. The van der Waals surface area contributed by atoms with E-state index in [4.69, 9.17) is 11.5 Å². The number of benzene rings is 1. The summed E-state index contributed by atoms with van der Waals surface area (Å²) in [6.45, 7) is 2.26. The van der Waals surface area contributed by atoms with E-state index in [0.29, 0.717) is 26.0 Å². The maximum absolute atomic E-state index is 13.2. The molecule has 0 aliphatic heterocycles. The van der Waals surface area contributed by atoms with Crippen LogP contribution in [0.4, 0.5) is 23.2 Å². The normalized spacial score (nSPS) is 14.7. The summed E-state index contributed by atoms with van der Waals surface area (Å²) in [7, 11) is 0. The van der Waals surface area contributed by atoms with Crippen LogP contribution in [0.15, 0.2) is 51.7 Å². The van der Waals surface area contributed by atoms with Gasteiger partial charge in [0.2, 0.25) is 0 Å². The number of allylic oxidation sites excluding steroid dienone is 3. The van der Waals surface area contributed by atoms with Crippen molar-refractivity contribution < 1.29 is 17.6 Å². The fourth-order valence-corrected chi connectivity index (χ4v) is 2.87. The van der Waals surface area contributed by atoms with Crippen molar-refractivity contribution in [3.63, 3.8) is 0 Å². The van der Waals surface area contributed by atoms with E-state index in [2.05, 4.69) is 25.9 Å². The van der Waals surface area contributed by atoms with Gasteiger partial charge in [-0.2, -0.15) is 13.2 Å². The van der Waals surface area contributed by atoms with Crippen LogP contribution in [0.5, 0.6) is 0 Å². The van der Waals surface area contributed by atoms with Gasteiger partial charge in [0, 0.05) is 34.0 Å². The number of nitrogens with two attached hydrogens (primary N) is 2. The maximum Gasteiger partial charge on any atom is 0.430 e. The molecule has 0 radical (unpaired) electrons. The van der Waals surface area contributed by atoms with E-state index < -0.39 is 17.7 Å². The Kier molecular flexibility index (Phi) is 8.74. The third kappa shape index (κ3) is 7.06. The zero-order valence-electron chi connectivity index (χ0n) is 13.6. The van der Waals surface area contributed by atoms with Gasteiger partial charge in [-0.3, -0.25) is 9.98 Å². The molecule has 4 nitrogen and oxygen atoms in total. The number of aliphatic imine (C=N–C) groups is 2. The van der Waals surface area contributed by atoms with E-state index in [-0.39, 0.29) is 12.1 Å². The van der Waals surface area contributed by atoms with E-state index in [9.17, 15) is 17.6 Å². The van der Waals surface area contributed by atoms with Crippen molar-refractivity contribution in [2.45, 2.75) is 19.5 Å². The molecule has 1 aromatic carbocycles. The highest BCUT2D eigenvalue weighted by Crippen LogP contribution is 2.26. The molecule has 0 bridgehead atoms. The van der Waals surface area contributed by atoms with Gasteiger partial charge < -0.3 is 11.5 Å². The van der Waals surface area contributed by atoms with Crippen LogP contribution in [0.1, 0.15) is 13.3 Å². The molecule has 0 heterocycles. The molecular formula is C16H16BrF4IN4. The van der Waals surface area contributed by atoms with Gasteiger partial charge in [-0.15, -0.1) is 0 Å². The summed E-state index contributed by atoms with van der Waals surface area (Å²) in [5.74, 6) is -0.472.